The van der Waals surface area contributed by atoms with Crippen LogP contribution in [0.3, 0.4) is 0 Å². The van der Waals surface area contributed by atoms with E-state index in [1.54, 1.807) is 53.4 Å². The minimum atomic E-state index is -0.699. The fourth-order valence-electron chi connectivity index (χ4n) is 2.69. The third-order valence-corrected chi connectivity index (χ3v) is 6.19. The summed E-state index contributed by atoms with van der Waals surface area (Å²) < 4.78 is 0. The summed E-state index contributed by atoms with van der Waals surface area (Å²) in [5.41, 5.74) is 1.17. The number of benzene rings is 1. The van der Waals surface area contributed by atoms with Gasteiger partial charge in [-0.2, -0.15) is 16.9 Å². The number of hydrogen-bond acceptors (Lipinski definition) is 5. The van der Waals surface area contributed by atoms with Gasteiger partial charge in [0.15, 0.2) is 5.82 Å². The van der Waals surface area contributed by atoms with E-state index in [0.29, 0.717) is 22.8 Å². The molecule has 6 nitrogen and oxygen atoms in total. The molecule has 2 amide bonds. The van der Waals surface area contributed by atoms with Crippen LogP contribution in [0.15, 0.2) is 42.5 Å². The first-order valence-corrected chi connectivity index (χ1v) is 11.5. The Kier molecular flexibility index (Phi) is 7.35. The van der Waals surface area contributed by atoms with E-state index >= 15 is 0 Å². The first-order valence-electron chi connectivity index (χ1n) is 8.95. The van der Waals surface area contributed by atoms with Crippen LogP contribution in [0, 0.1) is 6.92 Å². The molecule has 29 heavy (non-hydrogen) atoms. The minimum absolute atomic E-state index is 0.320. The zero-order valence-electron chi connectivity index (χ0n) is 16.0. The molecule has 0 aliphatic rings. The number of rotatable bonds is 8. The Morgan fingerprint density at radius 1 is 1.28 bits per heavy atom. The van der Waals surface area contributed by atoms with E-state index in [1.165, 1.54) is 4.88 Å². The van der Waals surface area contributed by atoms with Crippen LogP contribution in [0.2, 0.25) is 5.02 Å². The lowest BCUT2D eigenvalue weighted by molar-refractivity contribution is -0.118. The Labute approximate surface area is 182 Å². The number of aryl methyl sites for hydroxylation is 1. The lowest BCUT2D eigenvalue weighted by Crippen LogP contribution is -2.44. The van der Waals surface area contributed by atoms with Crippen molar-refractivity contribution in [3.63, 3.8) is 0 Å². The number of halogens is 1. The molecule has 0 aliphatic heterocycles. The van der Waals surface area contributed by atoms with Crippen LogP contribution in [0.25, 0.3) is 10.6 Å². The average molecular weight is 449 g/mol. The van der Waals surface area contributed by atoms with Crippen molar-refractivity contribution in [1.82, 2.24) is 15.5 Å². The Hall–Kier alpha value is -2.29. The van der Waals surface area contributed by atoms with Crippen molar-refractivity contribution in [3.05, 3.63) is 57.9 Å². The lowest BCUT2D eigenvalue weighted by atomic mass is 10.1. The quantitative estimate of drug-likeness (QED) is 0.470. The van der Waals surface area contributed by atoms with E-state index in [9.17, 15) is 9.59 Å². The standard InChI is InChI=1S/C20H21ClN4O2S2/c1-12-7-8-17(29-12)16-11-18(25-24-16)23-20(27)15(9-10-28-2)22-19(26)13-5-3-4-6-14(13)21/h3-8,11,15H,9-10H2,1-2H3,(H,22,26)(H2,23,24,25,27). The monoisotopic (exact) mass is 448 g/mol. The molecule has 3 rings (SSSR count). The van der Waals surface area contributed by atoms with Crippen molar-refractivity contribution in [2.24, 2.45) is 0 Å². The Morgan fingerprint density at radius 2 is 2.07 bits per heavy atom. The molecule has 2 aromatic heterocycles. The molecule has 0 saturated carbocycles. The number of carbonyl (C=O) groups is 2. The van der Waals surface area contributed by atoms with Crippen LogP contribution in [-0.4, -0.2) is 40.1 Å². The maximum absolute atomic E-state index is 12.8. The van der Waals surface area contributed by atoms with Gasteiger partial charge in [0, 0.05) is 10.9 Å². The molecule has 0 bridgehead atoms. The minimum Gasteiger partial charge on any atom is -0.340 e. The van der Waals surface area contributed by atoms with Gasteiger partial charge in [0.05, 0.1) is 21.2 Å². The van der Waals surface area contributed by atoms with Gasteiger partial charge in [-0.15, -0.1) is 11.3 Å². The SMILES string of the molecule is CSCCC(NC(=O)c1ccccc1Cl)C(=O)Nc1cc(-c2ccc(C)s2)[nH]n1. The first kappa shape index (κ1) is 21.4. The number of thioether (sulfide) groups is 1. The number of aromatic amines is 1. The summed E-state index contributed by atoms with van der Waals surface area (Å²) in [4.78, 5) is 27.6. The van der Waals surface area contributed by atoms with Gasteiger partial charge in [0.2, 0.25) is 5.91 Å². The third-order valence-electron chi connectivity index (χ3n) is 4.19. The van der Waals surface area contributed by atoms with Crippen LogP contribution in [-0.2, 0) is 4.79 Å². The second-order valence-corrected chi connectivity index (χ2v) is 9.03. The van der Waals surface area contributed by atoms with Crippen molar-refractivity contribution in [2.45, 2.75) is 19.4 Å². The normalized spacial score (nSPS) is 11.8. The Bertz CT molecular complexity index is 1000. The fourth-order valence-corrected chi connectivity index (χ4v) is 4.22. The van der Waals surface area contributed by atoms with E-state index in [-0.39, 0.29) is 11.8 Å². The third kappa shape index (κ3) is 5.62. The van der Waals surface area contributed by atoms with Crippen molar-refractivity contribution in [3.8, 4) is 10.6 Å². The largest absolute Gasteiger partial charge is 0.340 e. The number of aromatic nitrogens is 2. The lowest BCUT2D eigenvalue weighted by Gasteiger charge is -2.18. The summed E-state index contributed by atoms with van der Waals surface area (Å²) in [6.07, 6.45) is 2.44. The zero-order chi connectivity index (χ0) is 20.8. The number of hydrogen-bond donors (Lipinski definition) is 3. The highest BCUT2D eigenvalue weighted by Crippen LogP contribution is 2.27. The predicted octanol–water partition coefficient (Wildman–Crippen LogP) is 4.59. The van der Waals surface area contributed by atoms with Gasteiger partial charge >= 0.3 is 0 Å². The number of H-pyrrole nitrogens is 1. The molecule has 152 valence electrons. The van der Waals surface area contributed by atoms with Crippen LogP contribution in [0.5, 0.6) is 0 Å². The maximum atomic E-state index is 12.8. The highest BCUT2D eigenvalue weighted by Gasteiger charge is 2.23. The molecule has 0 aliphatic carbocycles. The highest BCUT2D eigenvalue weighted by molar-refractivity contribution is 7.98. The van der Waals surface area contributed by atoms with Crippen LogP contribution >= 0.6 is 34.7 Å². The summed E-state index contributed by atoms with van der Waals surface area (Å²) in [7, 11) is 0. The van der Waals surface area contributed by atoms with Crippen molar-refractivity contribution in [1.29, 1.82) is 0 Å². The summed E-state index contributed by atoms with van der Waals surface area (Å²) in [5.74, 6) is 0.437. The number of thiophene rings is 1. The molecule has 1 unspecified atom stereocenters. The maximum Gasteiger partial charge on any atom is 0.253 e. The number of nitrogens with one attached hydrogen (secondary N) is 3. The molecule has 0 fully saturated rings. The number of nitrogens with zero attached hydrogens (tertiary/aromatic N) is 1. The van der Waals surface area contributed by atoms with Gasteiger partial charge in [-0.05, 0) is 49.6 Å². The highest BCUT2D eigenvalue weighted by atomic mass is 35.5. The van der Waals surface area contributed by atoms with Crippen LogP contribution in [0.1, 0.15) is 21.7 Å². The molecule has 1 aromatic carbocycles. The average Bonchev–Trinajstić information content (AvgIpc) is 3.34. The zero-order valence-corrected chi connectivity index (χ0v) is 18.4. The Morgan fingerprint density at radius 3 is 2.76 bits per heavy atom. The van der Waals surface area contributed by atoms with E-state index in [2.05, 4.69) is 20.8 Å². The molecule has 3 aromatic rings. The van der Waals surface area contributed by atoms with Gasteiger partial charge in [-0.25, -0.2) is 0 Å². The number of amides is 2. The van der Waals surface area contributed by atoms with E-state index in [4.69, 9.17) is 11.6 Å². The fraction of sp³-hybridized carbons (Fsp3) is 0.250. The first-order chi connectivity index (χ1) is 14.0. The van der Waals surface area contributed by atoms with Gasteiger partial charge in [-0.1, -0.05) is 23.7 Å². The van der Waals surface area contributed by atoms with Crippen molar-refractivity contribution < 1.29 is 9.59 Å². The summed E-state index contributed by atoms with van der Waals surface area (Å²) in [6.45, 7) is 2.03. The molecular formula is C20H21ClN4O2S2. The second-order valence-electron chi connectivity index (χ2n) is 6.35. The van der Waals surface area contributed by atoms with Crippen molar-refractivity contribution in [2.75, 3.05) is 17.3 Å². The second kappa shape index (κ2) is 9.96. The van der Waals surface area contributed by atoms with E-state index < -0.39 is 6.04 Å². The van der Waals surface area contributed by atoms with Crippen LogP contribution in [0.4, 0.5) is 5.82 Å². The predicted molar refractivity (Wildman–Crippen MR) is 121 cm³/mol. The molecule has 2 heterocycles. The topological polar surface area (TPSA) is 86.9 Å². The number of carbonyl (C=O) groups excluding carboxylic acids is 2. The van der Waals surface area contributed by atoms with Crippen LogP contribution < -0.4 is 10.6 Å². The molecule has 0 spiro atoms. The molecule has 3 N–H and O–H groups in total. The summed E-state index contributed by atoms with van der Waals surface area (Å²) in [5, 5.41) is 13.0. The van der Waals surface area contributed by atoms with Gasteiger partial charge in [0.25, 0.3) is 5.91 Å². The Balaban J connectivity index is 1.70. The summed E-state index contributed by atoms with van der Waals surface area (Å²) in [6, 6.07) is 11.9. The smallest absolute Gasteiger partial charge is 0.253 e. The van der Waals surface area contributed by atoms with Gasteiger partial charge in [0.1, 0.15) is 6.04 Å². The molecule has 1 atom stereocenters. The molecular weight excluding hydrogens is 428 g/mol. The molecule has 9 heteroatoms. The molecule has 0 saturated heterocycles. The van der Waals surface area contributed by atoms with Gasteiger partial charge < -0.3 is 10.6 Å². The van der Waals surface area contributed by atoms with Gasteiger partial charge in [-0.3, -0.25) is 14.7 Å². The molecule has 0 radical (unpaired) electrons. The van der Waals surface area contributed by atoms with E-state index in [1.807, 2.05) is 25.3 Å². The summed E-state index contributed by atoms with van der Waals surface area (Å²) >= 11 is 9.35. The van der Waals surface area contributed by atoms with E-state index in [0.717, 1.165) is 16.3 Å². The van der Waals surface area contributed by atoms with Crippen molar-refractivity contribution >= 4 is 52.3 Å². The number of anilines is 1.